The Morgan fingerprint density at radius 3 is 2.61 bits per heavy atom. The van der Waals surface area contributed by atoms with E-state index in [1.54, 1.807) is 30.6 Å². The molecule has 28 heavy (non-hydrogen) atoms. The fraction of sp³-hybridized carbons (Fsp3) is 0.286. The van der Waals surface area contributed by atoms with Crippen LogP contribution in [0.1, 0.15) is 24.2 Å². The Morgan fingerprint density at radius 1 is 1.04 bits per heavy atom. The van der Waals surface area contributed by atoms with Crippen molar-refractivity contribution >= 4 is 5.91 Å². The molecule has 0 aliphatic heterocycles. The molecule has 146 valence electrons. The fourth-order valence-electron chi connectivity index (χ4n) is 2.80. The van der Waals surface area contributed by atoms with Crippen molar-refractivity contribution in [3.63, 3.8) is 0 Å². The Bertz CT molecular complexity index is 909. The molecule has 1 N–H and O–H groups in total. The third-order valence-electron chi connectivity index (χ3n) is 4.05. The molecule has 0 unspecified atom stereocenters. The van der Waals surface area contributed by atoms with Crippen LogP contribution in [0.2, 0.25) is 0 Å². The maximum absolute atomic E-state index is 12.5. The highest BCUT2D eigenvalue weighted by Crippen LogP contribution is 2.28. The number of hydrogen-bond donors (Lipinski definition) is 1. The third-order valence-corrected chi connectivity index (χ3v) is 4.05. The van der Waals surface area contributed by atoms with Gasteiger partial charge < -0.3 is 19.4 Å². The maximum atomic E-state index is 12.5. The number of aromatic nitrogens is 3. The summed E-state index contributed by atoms with van der Waals surface area (Å²) in [5.74, 6) is 1.82. The number of hydrogen-bond acceptors (Lipinski definition) is 5. The van der Waals surface area contributed by atoms with E-state index < -0.39 is 0 Å². The van der Waals surface area contributed by atoms with Crippen molar-refractivity contribution in [3.05, 3.63) is 60.6 Å². The number of nitrogens with one attached hydrogen (secondary N) is 1. The van der Waals surface area contributed by atoms with E-state index >= 15 is 0 Å². The Balaban J connectivity index is 1.62. The van der Waals surface area contributed by atoms with E-state index in [2.05, 4.69) is 15.3 Å². The normalized spacial score (nSPS) is 10.5. The summed E-state index contributed by atoms with van der Waals surface area (Å²) < 4.78 is 13.1. The summed E-state index contributed by atoms with van der Waals surface area (Å²) in [6.07, 6.45) is 5.34. The van der Waals surface area contributed by atoms with Gasteiger partial charge in [0.25, 0.3) is 5.91 Å². The third kappa shape index (κ3) is 4.68. The second-order valence-electron chi connectivity index (χ2n) is 5.94. The average molecular weight is 380 g/mol. The molecule has 0 saturated heterocycles. The van der Waals surface area contributed by atoms with Crippen LogP contribution >= 0.6 is 0 Å². The van der Waals surface area contributed by atoms with E-state index in [0.717, 1.165) is 11.5 Å². The molecule has 2 heterocycles. The Labute approximate surface area is 164 Å². The minimum atomic E-state index is -0.163. The van der Waals surface area contributed by atoms with Gasteiger partial charge in [-0.2, -0.15) is 0 Å². The molecule has 2 aromatic heterocycles. The van der Waals surface area contributed by atoms with Crippen LogP contribution in [0.3, 0.4) is 0 Å². The fourth-order valence-corrected chi connectivity index (χ4v) is 2.80. The molecule has 0 aliphatic rings. The number of pyridine rings is 1. The van der Waals surface area contributed by atoms with Crippen molar-refractivity contribution in [2.75, 3.05) is 19.8 Å². The van der Waals surface area contributed by atoms with Gasteiger partial charge in [-0.1, -0.05) is 6.07 Å². The maximum Gasteiger partial charge on any atom is 0.251 e. The van der Waals surface area contributed by atoms with E-state index in [9.17, 15) is 4.79 Å². The van der Waals surface area contributed by atoms with Gasteiger partial charge in [0.2, 0.25) is 0 Å². The number of rotatable bonds is 9. The first kappa shape index (κ1) is 19.4. The van der Waals surface area contributed by atoms with Gasteiger partial charge in [-0.25, -0.2) is 4.98 Å². The molecule has 3 rings (SSSR count). The second-order valence-corrected chi connectivity index (χ2v) is 5.94. The molecule has 0 fully saturated rings. The van der Waals surface area contributed by atoms with Crippen molar-refractivity contribution in [1.82, 2.24) is 19.9 Å². The Hall–Kier alpha value is -3.35. The highest BCUT2D eigenvalue weighted by molar-refractivity contribution is 5.94. The van der Waals surface area contributed by atoms with Crippen molar-refractivity contribution in [3.8, 4) is 23.0 Å². The lowest BCUT2D eigenvalue weighted by Crippen LogP contribution is -2.27. The molecule has 3 aromatic rings. The minimum absolute atomic E-state index is 0.163. The van der Waals surface area contributed by atoms with Gasteiger partial charge in [-0.05, 0) is 44.2 Å². The number of carbonyl (C=O) groups excluding carboxylic acids is 1. The number of carbonyl (C=O) groups is 1. The highest BCUT2D eigenvalue weighted by atomic mass is 16.5. The molecule has 7 heteroatoms. The van der Waals surface area contributed by atoms with Crippen LogP contribution in [0.25, 0.3) is 11.5 Å². The van der Waals surface area contributed by atoms with E-state index in [4.69, 9.17) is 9.47 Å². The highest BCUT2D eigenvalue weighted by Gasteiger charge is 2.12. The van der Waals surface area contributed by atoms with Gasteiger partial charge in [-0.3, -0.25) is 9.78 Å². The van der Waals surface area contributed by atoms with Crippen molar-refractivity contribution in [2.24, 2.45) is 0 Å². The van der Waals surface area contributed by atoms with E-state index in [0.29, 0.717) is 43.4 Å². The van der Waals surface area contributed by atoms with Crippen LogP contribution in [-0.2, 0) is 6.54 Å². The van der Waals surface area contributed by atoms with Crippen LogP contribution in [0, 0.1) is 0 Å². The molecule has 0 spiro atoms. The zero-order valence-electron chi connectivity index (χ0n) is 16.1. The van der Waals surface area contributed by atoms with E-state index in [1.165, 1.54) is 0 Å². The van der Waals surface area contributed by atoms with Crippen LogP contribution in [0.15, 0.2) is 55.0 Å². The lowest BCUT2D eigenvalue weighted by molar-refractivity contribution is 0.0952. The quantitative estimate of drug-likeness (QED) is 0.617. The van der Waals surface area contributed by atoms with E-state index in [1.807, 2.05) is 42.8 Å². The molecular formula is C21H24N4O3. The Kier molecular flexibility index (Phi) is 6.62. The largest absolute Gasteiger partial charge is 0.490 e. The summed E-state index contributed by atoms with van der Waals surface area (Å²) in [6, 6.07) is 10.9. The van der Waals surface area contributed by atoms with Crippen LogP contribution in [0.4, 0.5) is 0 Å². The van der Waals surface area contributed by atoms with Gasteiger partial charge in [0.15, 0.2) is 17.3 Å². The number of amides is 1. The number of nitrogens with zero attached hydrogens (tertiary/aromatic N) is 3. The predicted molar refractivity (Wildman–Crippen MR) is 107 cm³/mol. The lowest BCUT2D eigenvalue weighted by Gasteiger charge is -2.13. The van der Waals surface area contributed by atoms with E-state index in [-0.39, 0.29) is 5.91 Å². The topological polar surface area (TPSA) is 78.3 Å². The van der Waals surface area contributed by atoms with Gasteiger partial charge in [0.05, 0.1) is 13.2 Å². The molecule has 0 aliphatic carbocycles. The molecule has 1 aromatic carbocycles. The first-order chi connectivity index (χ1) is 13.7. The van der Waals surface area contributed by atoms with Crippen molar-refractivity contribution in [1.29, 1.82) is 0 Å². The van der Waals surface area contributed by atoms with Crippen molar-refractivity contribution < 1.29 is 14.3 Å². The number of ether oxygens (including phenoxy) is 2. The zero-order chi connectivity index (χ0) is 19.8. The molecule has 1 amide bonds. The monoisotopic (exact) mass is 380 g/mol. The van der Waals surface area contributed by atoms with Gasteiger partial charge in [0.1, 0.15) is 5.69 Å². The molecule has 0 atom stereocenters. The second kappa shape index (κ2) is 9.55. The van der Waals surface area contributed by atoms with Gasteiger partial charge in [-0.15, -0.1) is 0 Å². The predicted octanol–water partition coefficient (Wildman–Crippen LogP) is 3.17. The average Bonchev–Trinajstić information content (AvgIpc) is 3.19. The summed E-state index contributed by atoms with van der Waals surface area (Å²) in [5, 5.41) is 2.93. The molecule has 0 saturated carbocycles. The van der Waals surface area contributed by atoms with Crippen molar-refractivity contribution in [2.45, 2.75) is 20.4 Å². The van der Waals surface area contributed by atoms with Gasteiger partial charge >= 0.3 is 0 Å². The SMILES string of the molecule is CCOc1ccc(C(=O)NCCn2ccnc2-c2ccccn2)cc1OCC. The molecule has 0 radical (unpaired) electrons. The minimum Gasteiger partial charge on any atom is -0.490 e. The molecule has 0 bridgehead atoms. The summed E-state index contributed by atoms with van der Waals surface area (Å²) in [6.45, 7) is 5.90. The lowest BCUT2D eigenvalue weighted by atomic mass is 10.2. The number of benzene rings is 1. The summed E-state index contributed by atoms with van der Waals surface area (Å²) in [4.78, 5) is 21.2. The van der Waals surface area contributed by atoms with Crippen LogP contribution in [0.5, 0.6) is 11.5 Å². The molecular weight excluding hydrogens is 356 g/mol. The smallest absolute Gasteiger partial charge is 0.251 e. The van der Waals surface area contributed by atoms with Crippen LogP contribution < -0.4 is 14.8 Å². The summed E-state index contributed by atoms with van der Waals surface area (Å²) in [7, 11) is 0. The summed E-state index contributed by atoms with van der Waals surface area (Å²) >= 11 is 0. The Morgan fingerprint density at radius 2 is 1.86 bits per heavy atom. The first-order valence-corrected chi connectivity index (χ1v) is 9.33. The number of imidazole rings is 1. The zero-order valence-corrected chi connectivity index (χ0v) is 16.1. The first-order valence-electron chi connectivity index (χ1n) is 9.33. The van der Waals surface area contributed by atoms with Gasteiger partial charge in [0, 0.05) is 37.2 Å². The standard InChI is InChI=1S/C21H24N4O3/c1-3-27-18-9-8-16(15-19(18)28-4-2)21(26)24-12-14-25-13-11-23-20(25)17-7-5-6-10-22-17/h5-11,13,15H,3-4,12,14H2,1-2H3,(H,24,26). The summed E-state index contributed by atoms with van der Waals surface area (Å²) in [5.41, 5.74) is 1.33. The molecule has 7 nitrogen and oxygen atoms in total. The van der Waals surface area contributed by atoms with Crippen LogP contribution in [-0.4, -0.2) is 40.2 Å².